The zero-order valence-corrected chi connectivity index (χ0v) is 15.3. The van der Waals surface area contributed by atoms with Crippen molar-refractivity contribution < 1.29 is 0 Å². The minimum Gasteiger partial charge on any atom is -0.326 e. The lowest BCUT2D eigenvalue weighted by atomic mass is 10.1. The van der Waals surface area contributed by atoms with Crippen LogP contribution in [0.2, 0.25) is 0 Å². The largest absolute Gasteiger partial charge is 0.326 e. The number of thiophene rings is 1. The van der Waals surface area contributed by atoms with Crippen molar-refractivity contribution in [2.75, 3.05) is 0 Å². The van der Waals surface area contributed by atoms with Crippen LogP contribution < -0.4 is 5.73 Å². The van der Waals surface area contributed by atoms with Crippen molar-refractivity contribution in [2.24, 2.45) is 5.73 Å². The molecule has 2 aromatic rings. The van der Waals surface area contributed by atoms with Crippen molar-refractivity contribution in [3.63, 3.8) is 0 Å². The number of hydrogen-bond acceptors (Lipinski definition) is 3. The Balaban J connectivity index is 2.21. The first-order valence-electron chi connectivity index (χ1n) is 6.02. The van der Waals surface area contributed by atoms with Gasteiger partial charge in [0.05, 0.1) is 5.25 Å². The number of hydrogen-bond donors (Lipinski definition) is 1. The first kappa shape index (κ1) is 15.6. The summed E-state index contributed by atoms with van der Waals surface area (Å²) in [7, 11) is 0. The van der Waals surface area contributed by atoms with Crippen LogP contribution >= 0.6 is 55.0 Å². The first-order chi connectivity index (χ1) is 9.10. The van der Waals surface area contributed by atoms with E-state index in [1.807, 2.05) is 11.8 Å². The van der Waals surface area contributed by atoms with Gasteiger partial charge in [-0.1, -0.05) is 22.9 Å². The van der Waals surface area contributed by atoms with Crippen molar-refractivity contribution in [1.82, 2.24) is 0 Å². The van der Waals surface area contributed by atoms with Crippen LogP contribution in [0.4, 0.5) is 0 Å². The molecule has 1 aromatic carbocycles. The molecule has 2 unspecified atom stereocenters. The zero-order valence-electron chi connectivity index (χ0n) is 10.5. The van der Waals surface area contributed by atoms with Gasteiger partial charge in [0.1, 0.15) is 0 Å². The van der Waals surface area contributed by atoms with E-state index in [4.69, 9.17) is 5.73 Å². The number of nitrogens with two attached hydrogens (primary N) is 1. The fourth-order valence-electron chi connectivity index (χ4n) is 1.71. The molecule has 0 bridgehead atoms. The Hall–Kier alpha value is 0.190. The van der Waals surface area contributed by atoms with E-state index in [1.54, 1.807) is 11.3 Å². The molecular weight excluding hydrogens is 406 g/mol. The molecule has 0 fully saturated rings. The van der Waals surface area contributed by atoms with Gasteiger partial charge < -0.3 is 5.73 Å². The molecule has 0 amide bonds. The molecule has 2 rings (SSSR count). The Morgan fingerprint density at radius 3 is 2.42 bits per heavy atom. The Morgan fingerprint density at radius 2 is 1.89 bits per heavy atom. The van der Waals surface area contributed by atoms with Crippen molar-refractivity contribution in [3.05, 3.63) is 49.5 Å². The standard InChI is InChI=1S/C14H15Br2NS2/c1-2-12(17)14(13-7-10(16)8-18-13)19-11-5-3-9(15)4-6-11/h3-8,12,14H,2,17H2,1H3. The maximum Gasteiger partial charge on any atom is 0.0589 e. The lowest BCUT2D eigenvalue weighted by molar-refractivity contribution is 0.640. The van der Waals surface area contributed by atoms with Crippen molar-refractivity contribution in [3.8, 4) is 0 Å². The van der Waals surface area contributed by atoms with E-state index in [1.165, 1.54) is 9.77 Å². The monoisotopic (exact) mass is 419 g/mol. The van der Waals surface area contributed by atoms with Gasteiger partial charge in [-0.05, 0) is 52.7 Å². The van der Waals surface area contributed by atoms with Crippen molar-refractivity contribution in [2.45, 2.75) is 29.5 Å². The van der Waals surface area contributed by atoms with Crippen LogP contribution in [0.15, 0.2) is 49.6 Å². The number of halogens is 2. The van der Waals surface area contributed by atoms with Gasteiger partial charge in [-0.25, -0.2) is 0 Å². The van der Waals surface area contributed by atoms with Crippen molar-refractivity contribution >= 4 is 55.0 Å². The molecule has 5 heteroatoms. The third kappa shape index (κ3) is 4.33. The second kappa shape index (κ2) is 7.27. The lowest BCUT2D eigenvalue weighted by Crippen LogP contribution is -2.25. The van der Waals surface area contributed by atoms with Gasteiger partial charge in [-0.15, -0.1) is 23.1 Å². The quantitative estimate of drug-likeness (QED) is 0.614. The molecule has 0 aliphatic heterocycles. The average Bonchev–Trinajstić information content (AvgIpc) is 2.83. The van der Waals surface area contributed by atoms with Gasteiger partial charge in [0.25, 0.3) is 0 Å². The van der Waals surface area contributed by atoms with Crippen LogP contribution in [-0.4, -0.2) is 6.04 Å². The van der Waals surface area contributed by atoms with Gasteiger partial charge in [0, 0.05) is 30.1 Å². The third-order valence-corrected chi connectivity index (χ3v) is 6.66. The molecule has 19 heavy (non-hydrogen) atoms. The highest BCUT2D eigenvalue weighted by atomic mass is 79.9. The van der Waals surface area contributed by atoms with E-state index >= 15 is 0 Å². The Bertz CT molecular complexity index is 524. The highest BCUT2D eigenvalue weighted by molar-refractivity contribution is 9.10. The second-order valence-corrected chi connectivity index (χ2v) is 8.22. The molecule has 1 aromatic heterocycles. The molecule has 0 aliphatic carbocycles. The predicted octanol–water partition coefficient (Wildman–Crippen LogP) is 5.84. The normalized spacial score (nSPS) is 14.3. The highest BCUT2D eigenvalue weighted by Gasteiger charge is 2.21. The van der Waals surface area contributed by atoms with E-state index in [9.17, 15) is 0 Å². The summed E-state index contributed by atoms with van der Waals surface area (Å²) in [4.78, 5) is 2.58. The minimum atomic E-state index is 0.166. The van der Waals surface area contributed by atoms with Gasteiger partial charge in [0.15, 0.2) is 0 Å². The predicted molar refractivity (Wildman–Crippen MR) is 93.0 cm³/mol. The lowest BCUT2D eigenvalue weighted by Gasteiger charge is -2.21. The van der Waals surface area contributed by atoms with Crippen LogP contribution in [0.3, 0.4) is 0 Å². The third-order valence-electron chi connectivity index (χ3n) is 2.81. The van der Waals surface area contributed by atoms with Crippen LogP contribution in [0.1, 0.15) is 23.5 Å². The van der Waals surface area contributed by atoms with Crippen LogP contribution in [0.25, 0.3) is 0 Å². The Morgan fingerprint density at radius 1 is 1.21 bits per heavy atom. The molecule has 0 saturated heterocycles. The van der Waals surface area contributed by atoms with Crippen molar-refractivity contribution in [1.29, 1.82) is 0 Å². The van der Waals surface area contributed by atoms with E-state index in [0.29, 0.717) is 5.25 Å². The van der Waals surface area contributed by atoms with Crippen LogP contribution in [0.5, 0.6) is 0 Å². The fourth-order valence-corrected chi connectivity index (χ4v) is 4.92. The summed E-state index contributed by atoms with van der Waals surface area (Å²) < 4.78 is 2.24. The summed E-state index contributed by atoms with van der Waals surface area (Å²) in [5.41, 5.74) is 6.30. The van der Waals surface area contributed by atoms with Crippen LogP contribution in [-0.2, 0) is 0 Å². The second-order valence-electron chi connectivity index (χ2n) is 4.23. The van der Waals surface area contributed by atoms with E-state index in [0.717, 1.165) is 15.4 Å². The summed E-state index contributed by atoms with van der Waals surface area (Å²) in [6.07, 6.45) is 0.976. The van der Waals surface area contributed by atoms with E-state index in [2.05, 4.69) is 74.5 Å². The Kier molecular flexibility index (Phi) is 5.96. The minimum absolute atomic E-state index is 0.166. The number of rotatable bonds is 5. The van der Waals surface area contributed by atoms with Gasteiger partial charge in [-0.3, -0.25) is 0 Å². The summed E-state index contributed by atoms with van der Waals surface area (Å²) in [5.74, 6) is 0. The van der Waals surface area contributed by atoms with Gasteiger partial charge >= 0.3 is 0 Å². The zero-order chi connectivity index (χ0) is 13.8. The SMILES string of the molecule is CCC(N)C(Sc1ccc(Br)cc1)c1cc(Br)cs1. The molecule has 0 saturated carbocycles. The summed E-state index contributed by atoms with van der Waals surface area (Å²) in [6.45, 7) is 2.14. The van der Waals surface area contributed by atoms with Gasteiger partial charge in [0.2, 0.25) is 0 Å². The highest BCUT2D eigenvalue weighted by Crippen LogP contribution is 2.41. The molecule has 2 N–H and O–H groups in total. The maximum atomic E-state index is 6.30. The maximum absolute atomic E-state index is 6.30. The molecular formula is C14H15Br2NS2. The molecule has 1 heterocycles. The smallest absolute Gasteiger partial charge is 0.0589 e. The molecule has 1 nitrogen and oxygen atoms in total. The molecule has 2 atom stereocenters. The summed E-state index contributed by atoms with van der Waals surface area (Å²) in [5, 5.41) is 2.43. The number of thioether (sulfide) groups is 1. The summed E-state index contributed by atoms with van der Waals surface area (Å²) >= 11 is 10.6. The first-order valence-corrected chi connectivity index (χ1v) is 9.36. The molecule has 0 aliphatic rings. The van der Waals surface area contributed by atoms with E-state index in [-0.39, 0.29) is 6.04 Å². The fraction of sp³-hybridized carbons (Fsp3) is 0.286. The molecule has 102 valence electrons. The number of benzene rings is 1. The Labute approximate surface area is 139 Å². The average molecular weight is 421 g/mol. The van der Waals surface area contributed by atoms with Gasteiger partial charge in [-0.2, -0.15) is 0 Å². The van der Waals surface area contributed by atoms with Crippen LogP contribution in [0, 0.1) is 0 Å². The topological polar surface area (TPSA) is 26.0 Å². The summed E-state index contributed by atoms with van der Waals surface area (Å²) in [6, 6.07) is 10.7. The van der Waals surface area contributed by atoms with E-state index < -0.39 is 0 Å². The molecule has 0 radical (unpaired) electrons. The molecule has 0 spiro atoms.